The van der Waals surface area contributed by atoms with Crippen molar-refractivity contribution in [1.29, 1.82) is 0 Å². The second-order valence-corrected chi connectivity index (χ2v) is 3.73. The molecule has 0 bridgehead atoms. The third kappa shape index (κ3) is 2.30. The van der Waals surface area contributed by atoms with E-state index in [1.807, 2.05) is 14.0 Å². The molecule has 0 radical (unpaired) electrons. The molecule has 0 aromatic heterocycles. The minimum atomic E-state index is -0.185. The fourth-order valence-corrected chi connectivity index (χ4v) is 1.71. The van der Waals surface area contributed by atoms with E-state index in [-0.39, 0.29) is 17.4 Å². The van der Waals surface area contributed by atoms with Crippen molar-refractivity contribution in [2.45, 2.75) is 12.8 Å². The summed E-state index contributed by atoms with van der Waals surface area (Å²) in [6.07, 6.45) is 0. The van der Waals surface area contributed by atoms with Crippen LogP contribution in [0.5, 0.6) is 11.5 Å². The highest BCUT2D eigenvalue weighted by Crippen LogP contribution is 2.34. The summed E-state index contributed by atoms with van der Waals surface area (Å²) < 4.78 is 0. The van der Waals surface area contributed by atoms with E-state index < -0.39 is 0 Å². The first kappa shape index (κ1) is 11.1. The van der Waals surface area contributed by atoms with E-state index in [2.05, 4.69) is 5.32 Å². The van der Waals surface area contributed by atoms with E-state index >= 15 is 0 Å². The average molecular weight is 216 g/mol. The van der Waals surface area contributed by atoms with Gasteiger partial charge in [0.05, 0.1) is 0 Å². The van der Waals surface area contributed by atoms with Gasteiger partial charge in [-0.2, -0.15) is 0 Å². The first-order valence-electron chi connectivity index (χ1n) is 4.42. The molecule has 3 nitrogen and oxygen atoms in total. The molecule has 1 unspecified atom stereocenters. The van der Waals surface area contributed by atoms with Crippen LogP contribution >= 0.6 is 11.6 Å². The fourth-order valence-electron chi connectivity index (χ4n) is 1.36. The number of benzene rings is 1. The molecule has 14 heavy (non-hydrogen) atoms. The van der Waals surface area contributed by atoms with Gasteiger partial charge in [0.25, 0.3) is 0 Å². The van der Waals surface area contributed by atoms with Gasteiger partial charge in [0.2, 0.25) is 0 Å². The number of hydrogen-bond acceptors (Lipinski definition) is 3. The maximum absolute atomic E-state index is 9.31. The fraction of sp³-hybridized carbons (Fsp3) is 0.400. The lowest BCUT2D eigenvalue weighted by Gasteiger charge is -2.13. The zero-order valence-electron chi connectivity index (χ0n) is 8.21. The number of phenols is 2. The Hall–Kier alpha value is -0.930. The molecule has 0 saturated carbocycles. The van der Waals surface area contributed by atoms with Gasteiger partial charge < -0.3 is 15.5 Å². The minimum Gasteiger partial charge on any atom is -0.504 e. The highest BCUT2D eigenvalue weighted by atomic mass is 35.5. The van der Waals surface area contributed by atoms with E-state index in [0.29, 0.717) is 5.02 Å². The maximum atomic E-state index is 9.31. The molecule has 1 rings (SSSR count). The standard InChI is InChI=1S/C10H14ClNO2/c1-6(5-12-2)7-3-9(13)10(14)4-8(7)11/h3-4,6,12-14H,5H2,1-2H3. The molecule has 0 spiro atoms. The Kier molecular flexibility index (Phi) is 3.61. The summed E-state index contributed by atoms with van der Waals surface area (Å²) >= 11 is 5.93. The van der Waals surface area contributed by atoms with Gasteiger partial charge in [0.1, 0.15) is 0 Å². The Morgan fingerprint density at radius 2 is 1.93 bits per heavy atom. The molecule has 0 aliphatic carbocycles. The molecular formula is C10H14ClNO2. The zero-order valence-corrected chi connectivity index (χ0v) is 8.97. The molecule has 0 saturated heterocycles. The normalized spacial score (nSPS) is 12.8. The van der Waals surface area contributed by atoms with Gasteiger partial charge in [0.15, 0.2) is 11.5 Å². The molecule has 0 aliphatic heterocycles. The molecule has 1 atom stereocenters. The summed E-state index contributed by atoms with van der Waals surface area (Å²) in [5.41, 5.74) is 0.830. The van der Waals surface area contributed by atoms with Crippen LogP contribution in [-0.2, 0) is 0 Å². The van der Waals surface area contributed by atoms with Gasteiger partial charge in [0, 0.05) is 17.6 Å². The molecule has 4 heteroatoms. The predicted octanol–water partition coefficient (Wildman–Crippen LogP) is 2.07. The van der Waals surface area contributed by atoms with Gasteiger partial charge in [-0.15, -0.1) is 0 Å². The summed E-state index contributed by atoms with van der Waals surface area (Å²) in [6.45, 7) is 2.76. The van der Waals surface area contributed by atoms with Crippen LogP contribution in [0.15, 0.2) is 12.1 Å². The second kappa shape index (κ2) is 4.53. The topological polar surface area (TPSA) is 52.5 Å². The summed E-state index contributed by atoms with van der Waals surface area (Å²) in [5, 5.41) is 22.0. The van der Waals surface area contributed by atoms with Crippen molar-refractivity contribution in [3.8, 4) is 11.5 Å². The number of aromatic hydroxyl groups is 2. The molecule has 3 N–H and O–H groups in total. The summed E-state index contributed by atoms with van der Waals surface area (Å²) in [6, 6.07) is 2.86. The van der Waals surface area contributed by atoms with Crippen molar-refractivity contribution >= 4 is 11.6 Å². The van der Waals surface area contributed by atoms with Crippen molar-refractivity contribution in [2.75, 3.05) is 13.6 Å². The van der Waals surface area contributed by atoms with Crippen molar-refractivity contribution in [1.82, 2.24) is 5.32 Å². The van der Waals surface area contributed by atoms with Crippen LogP contribution in [0.1, 0.15) is 18.4 Å². The molecule has 0 fully saturated rings. The molecule has 78 valence electrons. The Morgan fingerprint density at radius 1 is 1.36 bits per heavy atom. The van der Waals surface area contributed by atoms with Crippen LogP contribution in [0.3, 0.4) is 0 Å². The number of hydrogen-bond donors (Lipinski definition) is 3. The summed E-state index contributed by atoms with van der Waals surface area (Å²) in [7, 11) is 1.85. The minimum absolute atomic E-state index is 0.132. The molecule has 0 aliphatic rings. The Bertz CT molecular complexity index is 328. The van der Waals surface area contributed by atoms with Crippen LogP contribution in [0.25, 0.3) is 0 Å². The Labute approximate surface area is 88.3 Å². The third-order valence-corrected chi connectivity index (χ3v) is 2.46. The lowest BCUT2D eigenvalue weighted by molar-refractivity contribution is 0.402. The van der Waals surface area contributed by atoms with E-state index in [1.165, 1.54) is 12.1 Å². The van der Waals surface area contributed by atoms with Gasteiger partial charge in [-0.05, 0) is 24.6 Å². The summed E-state index contributed by atoms with van der Waals surface area (Å²) in [4.78, 5) is 0. The van der Waals surface area contributed by atoms with Crippen LogP contribution < -0.4 is 5.32 Å². The molecule has 1 aromatic carbocycles. The number of phenolic OH excluding ortho intramolecular Hbond substituents is 2. The van der Waals surface area contributed by atoms with Crippen LogP contribution in [0.4, 0.5) is 0 Å². The van der Waals surface area contributed by atoms with Crippen LogP contribution in [0.2, 0.25) is 5.02 Å². The third-order valence-electron chi connectivity index (χ3n) is 2.14. The van der Waals surface area contributed by atoms with Gasteiger partial charge in [-0.25, -0.2) is 0 Å². The van der Waals surface area contributed by atoms with E-state index in [9.17, 15) is 10.2 Å². The van der Waals surface area contributed by atoms with Gasteiger partial charge in [-0.1, -0.05) is 18.5 Å². The van der Waals surface area contributed by atoms with Crippen molar-refractivity contribution in [3.63, 3.8) is 0 Å². The number of likely N-dealkylation sites (N-methyl/N-ethyl adjacent to an activating group) is 1. The molecule has 0 heterocycles. The average Bonchev–Trinajstić information content (AvgIpc) is 2.11. The number of rotatable bonds is 3. The Morgan fingerprint density at radius 3 is 2.50 bits per heavy atom. The van der Waals surface area contributed by atoms with Crippen LogP contribution in [-0.4, -0.2) is 23.8 Å². The monoisotopic (exact) mass is 215 g/mol. The quantitative estimate of drug-likeness (QED) is 0.677. The van der Waals surface area contributed by atoms with Crippen molar-refractivity contribution in [2.24, 2.45) is 0 Å². The first-order chi connectivity index (χ1) is 6.56. The predicted molar refractivity (Wildman–Crippen MR) is 57.1 cm³/mol. The van der Waals surface area contributed by atoms with E-state index in [0.717, 1.165) is 12.1 Å². The largest absolute Gasteiger partial charge is 0.504 e. The van der Waals surface area contributed by atoms with Gasteiger partial charge >= 0.3 is 0 Å². The SMILES string of the molecule is CNCC(C)c1cc(O)c(O)cc1Cl. The lowest BCUT2D eigenvalue weighted by Crippen LogP contribution is -2.14. The van der Waals surface area contributed by atoms with Crippen LogP contribution in [0, 0.1) is 0 Å². The maximum Gasteiger partial charge on any atom is 0.158 e. The van der Waals surface area contributed by atoms with Crippen molar-refractivity contribution < 1.29 is 10.2 Å². The zero-order chi connectivity index (χ0) is 10.7. The molecular weight excluding hydrogens is 202 g/mol. The highest BCUT2D eigenvalue weighted by molar-refractivity contribution is 6.31. The first-order valence-corrected chi connectivity index (χ1v) is 4.80. The second-order valence-electron chi connectivity index (χ2n) is 3.32. The smallest absolute Gasteiger partial charge is 0.158 e. The Balaban J connectivity index is 3.02. The van der Waals surface area contributed by atoms with Crippen molar-refractivity contribution in [3.05, 3.63) is 22.7 Å². The molecule has 0 amide bonds. The van der Waals surface area contributed by atoms with E-state index in [4.69, 9.17) is 11.6 Å². The summed E-state index contributed by atoms with van der Waals surface area (Å²) in [5.74, 6) is -0.123. The number of nitrogens with one attached hydrogen (secondary N) is 1. The number of halogens is 1. The van der Waals surface area contributed by atoms with Gasteiger partial charge in [-0.3, -0.25) is 0 Å². The highest BCUT2D eigenvalue weighted by Gasteiger charge is 2.12. The van der Waals surface area contributed by atoms with E-state index in [1.54, 1.807) is 0 Å². The lowest BCUT2D eigenvalue weighted by atomic mass is 10.0. The molecule has 1 aromatic rings.